The normalized spacial score (nSPS) is 26.8. The molecule has 2 aliphatic heterocycles. The third-order valence-corrected chi connectivity index (χ3v) is 5.45. The average Bonchev–Trinajstić information content (AvgIpc) is 3.07. The molecular weight excluding hydrogens is 344 g/mol. The van der Waals surface area contributed by atoms with E-state index in [1.165, 1.54) is 0 Å². The Balaban J connectivity index is 1.86. The number of rotatable bonds is 3. The maximum Gasteiger partial charge on any atom is 0.308 e. The Bertz CT molecular complexity index is 708. The van der Waals surface area contributed by atoms with Gasteiger partial charge in [0, 0.05) is 31.6 Å². The summed E-state index contributed by atoms with van der Waals surface area (Å²) in [7, 11) is 1.71. The van der Waals surface area contributed by atoms with Crippen molar-refractivity contribution in [3.63, 3.8) is 0 Å². The molecule has 2 saturated heterocycles. The van der Waals surface area contributed by atoms with E-state index in [1.54, 1.807) is 29.0 Å². The highest BCUT2D eigenvalue weighted by molar-refractivity contribution is 6.30. The van der Waals surface area contributed by atoms with Gasteiger partial charge in [-0.05, 0) is 30.5 Å². The first kappa shape index (κ1) is 17.7. The Morgan fingerprint density at radius 1 is 1.28 bits per heavy atom. The topological polar surface area (TPSA) is 77.9 Å². The largest absolute Gasteiger partial charge is 0.481 e. The van der Waals surface area contributed by atoms with E-state index in [1.807, 2.05) is 12.1 Å². The van der Waals surface area contributed by atoms with Crippen molar-refractivity contribution < 1.29 is 19.5 Å². The summed E-state index contributed by atoms with van der Waals surface area (Å²) in [6.07, 6.45) is 1.26. The summed E-state index contributed by atoms with van der Waals surface area (Å²) >= 11 is 6.09. The number of hydrogen-bond acceptors (Lipinski definition) is 3. The number of piperidine rings is 1. The van der Waals surface area contributed by atoms with Crippen LogP contribution in [0.1, 0.15) is 30.9 Å². The number of carboxylic acid groups (broad SMARTS) is 1. The second kappa shape index (κ2) is 7.04. The van der Waals surface area contributed by atoms with Crippen LogP contribution in [0.15, 0.2) is 24.3 Å². The van der Waals surface area contributed by atoms with Crippen molar-refractivity contribution in [3.8, 4) is 0 Å². The molecular formula is C18H21ClN2O4. The van der Waals surface area contributed by atoms with Gasteiger partial charge in [0.1, 0.15) is 0 Å². The van der Waals surface area contributed by atoms with Crippen molar-refractivity contribution >= 4 is 29.4 Å². The van der Waals surface area contributed by atoms with E-state index in [4.69, 9.17) is 16.7 Å². The molecule has 0 radical (unpaired) electrons. The smallest absolute Gasteiger partial charge is 0.308 e. The van der Waals surface area contributed by atoms with Crippen LogP contribution in [0.2, 0.25) is 5.02 Å². The van der Waals surface area contributed by atoms with E-state index >= 15 is 0 Å². The summed E-state index contributed by atoms with van der Waals surface area (Å²) < 4.78 is 0. The van der Waals surface area contributed by atoms with Crippen molar-refractivity contribution in [1.29, 1.82) is 0 Å². The molecule has 6 nitrogen and oxygen atoms in total. The SMILES string of the molecule is CN1C(=O)CC[C@H](C(=O)N2CC[C@@H](C(=O)O)C2)[C@H]1c1cccc(Cl)c1. The minimum Gasteiger partial charge on any atom is -0.481 e. The van der Waals surface area contributed by atoms with E-state index in [9.17, 15) is 14.4 Å². The Morgan fingerprint density at radius 3 is 2.68 bits per heavy atom. The second-order valence-corrected chi connectivity index (χ2v) is 7.19. The lowest BCUT2D eigenvalue weighted by atomic mass is 9.83. The van der Waals surface area contributed by atoms with Crippen LogP contribution in [-0.2, 0) is 14.4 Å². The minimum atomic E-state index is -0.863. The summed E-state index contributed by atoms with van der Waals surface area (Å²) in [5, 5.41) is 9.71. The number of amides is 2. The van der Waals surface area contributed by atoms with Gasteiger partial charge in [-0.1, -0.05) is 23.7 Å². The molecule has 0 unspecified atom stereocenters. The quantitative estimate of drug-likeness (QED) is 0.891. The monoisotopic (exact) mass is 364 g/mol. The maximum atomic E-state index is 13.1. The van der Waals surface area contributed by atoms with Gasteiger partial charge in [-0.3, -0.25) is 14.4 Å². The Kier molecular flexibility index (Phi) is 4.99. The van der Waals surface area contributed by atoms with Gasteiger partial charge in [-0.25, -0.2) is 0 Å². The number of hydrogen-bond donors (Lipinski definition) is 1. The van der Waals surface area contributed by atoms with Crippen molar-refractivity contribution in [1.82, 2.24) is 9.80 Å². The molecule has 2 fully saturated rings. The number of carboxylic acids is 1. The van der Waals surface area contributed by atoms with Gasteiger partial charge in [-0.2, -0.15) is 0 Å². The van der Waals surface area contributed by atoms with Crippen molar-refractivity contribution in [3.05, 3.63) is 34.9 Å². The summed E-state index contributed by atoms with van der Waals surface area (Å²) in [6, 6.07) is 6.84. The van der Waals surface area contributed by atoms with Gasteiger partial charge < -0.3 is 14.9 Å². The zero-order chi connectivity index (χ0) is 18.1. The standard InChI is InChI=1S/C18H21ClN2O4/c1-20-15(22)6-5-14(16(20)11-3-2-4-13(19)9-11)17(23)21-8-7-12(10-21)18(24)25/h2-4,9,12,14,16H,5-8,10H2,1H3,(H,24,25)/t12-,14+,16-/m1/s1. The van der Waals surface area contributed by atoms with Crippen LogP contribution >= 0.6 is 11.6 Å². The molecule has 2 heterocycles. The van der Waals surface area contributed by atoms with E-state index in [2.05, 4.69) is 0 Å². The Hall–Kier alpha value is -2.08. The molecule has 1 aromatic rings. The van der Waals surface area contributed by atoms with E-state index < -0.39 is 11.9 Å². The molecule has 2 aliphatic rings. The summed E-state index contributed by atoms with van der Waals surface area (Å²) in [6.45, 7) is 0.691. The lowest BCUT2D eigenvalue weighted by molar-refractivity contribution is -0.146. The van der Waals surface area contributed by atoms with Gasteiger partial charge in [0.15, 0.2) is 0 Å². The fraction of sp³-hybridized carbons (Fsp3) is 0.500. The molecule has 2 amide bonds. The molecule has 0 spiro atoms. The highest BCUT2D eigenvalue weighted by Crippen LogP contribution is 2.38. The molecule has 1 aromatic carbocycles. The zero-order valence-electron chi connectivity index (χ0n) is 14.0. The minimum absolute atomic E-state index is 0.00106. The second-order valence-electron chi connectivity index (χ2n) is 6.76. The third-order valence-electron chi connectivity index (χ3n) is 5.22. The highest BCUT2D eigenvalue weighted by atomic mass is 35.5. The Labute approximate surface area is 151 Å². The van der Waals surface area contributed by atoms with Gasteiger partial charge in [0.05, 0.1) is 17.9 Å². The first-order valence-electron chi connectivity index (χ1n) is 8.41. The predicted molar refractivity (Wildman–Crippen MR) is 92.0 cm³/mol. The molecule has 3 rings (SSSR count). The molecule has 0 aromatic heterocycles. The van der Waals surface area contributed by atoms with Crippen LogP contribution in [0, 0.1) is 11.8 Å². The van der Waals surface area contributed by atoms with Crippen LogP contribution in [0.4, 0.5) is 0 Å². The predicted octanol–water partition coefficient (Wildman–Crippen LogP) is 2.18. The summed E-state index contributed by atoms with van der Waals surface area (Å²) in [5.41, 5.74) is 0.829. The summed E-state index contributed by atoms with van der Waals surface area (Å²) in [4.78, 5) is 39.6. The molecule has 0 aliphatic carbocycles. The number of halogens is 1. The number of benzene rings is 1. The van der Waals surface area contributed by atoms with Gasteiger partial charge in [0.25, 0.3) is 0 Å². The van der Waals surface area contributed by atoms with Crippen molar-refractivity contribution in [2.24, 2.45) is 11.8 Å². The van der Waals surface area contributed by atoms with Crippen LogP contribution in [0.25, 0.3) is 0 Å². The van der Waals surface area contributed by atoms with Crippen LogP contribution in [0.5, 0.6) is 0 Å². The number of nitrogens with zero attached hydrogens (tertiary/aromatic N) is 2. The average molecular weight is 365 g/mol. The molecule has 0 bridgehead atoms. The van der Waals surface area contributed by atoms with Gasteiger partial charge in [0.2, 0.25) is 11.8 Å². The lowest BCUT2D eigenvalue weighted by Gasteiger charge is -2.40. The number of likely N-dealkylation sites (tertiary alicyclic amines) is 2. The van der Waals surface area contributed by atoms with Gasteiger partial charge in [-0.15, -0.1) is 0 Å². The van der Waals surface area contributed by atoms with Gasteiger partial charge >= 0.3 is 5.97 Å². The maximum absolute atomic E-state index is 13.1. The molecule has 0 saturated carbocycles. The number of aliphatic carboxylic acids is 1. The fourth-order valence-corrected chi connectivity index (χ4v) is 4.04. The molecule has 3 atom stereocenters. The lowest BCUT2D eigenvalue weighted by Crippen LogP contribution is -2.47. The van der Waals surface area contributed by atoms with E-state index in [0.29, 0.717) is 30.8 Å². The fourth-order valence-electron chi connectivity index (χ4n) is 3.84. The molecule has 134 valence electrons. The highest BCUT2D eigenvalue weighted by Gasteiger charge is 2.42. The first-order chi connectivity index (χ1) is 11.9. The van der Waals surface area contributed by atoms with Crippen LogP contribution in [-0.4, -0.2) is 52.8 Å². The third kappa shape index (κ3) is 3.49. The molecule has 25 heavy (non-hydrogen) atoms. The molecule has 7 heteroatoms. The number of carbonyl (C=O) groups is 3. The van der Waals surface area contributed by atoms with E-state index in [-0.39, 0.29) is 30.3 Å². The molecule has 1 N–H and O–H groups in total. The van der Waals surface area contributed by atoms with Crippen molar-refractivity contribution in [2.45, 2.75) is 25.3 Å². The number of carbonyl (C=O) groups excluding carboxylic acids is 2. The van der Waals surface area contributed by atoms with Crippen LogP contribution < -0.4 is 0 Å². The Morgan fingerprint density at radius 2 is 2.04 bits per heavy atom. The van der Waals surface area contributed by atoms with Crippen molar-refractivity contribution in [2.75, 3.05) is 20.1 Å². The first-order valence-corrected chi connectivity index (χ1v) is 8.79. The summed E-state index contributed by atoms with van der Waals surface area (Å²) in [5.74, 6) is -1.82. The van der Waals surface area contributed by atoms with E-state index in [0.717, 1.165) is 5.56 Å². The zero-order valence-corrected chi connectivity index (χ0v) is 14.8. The van der Waals surface area contributed by atoms with Crippen LogP contribution in [0.3, 0.4) is 0 Å².